The van der Waals surface area contributed by atoms with Crippen LogP contribution in [0.1, 0.15) is 37.4 Å². The molecule has 1 unspecified atom stereocenters. The largest absolute Gasteiger partial charge is 0.491 e. The number of hydrogen-bond donors (Lipinski definition) is 1. The predicted octanol–water partition coefficient (Wildman–Crippen LogP) is 3.63. The van der Waals surface area contributed by atoms with Gasteiger partial charge in [0, 0.05) is 11.6 Å². The Balaban J connectivity index is 2.26. The smallest absolute Gasteiger partial charge is 0.120 e. The molecular formula is C15H20N2OS. The van der Waals surface area contributed by atoms with Crippen molar-refractivity contribution in [3.8, 4) is 5.75 Å². The SMILES string of the molecule is CCNC(c1cccc(OC(C)C)c1)c1nccs1. The van der Waals surface area contributed by atoms with E-state index >= 15 is 0 Å². The second-order valence-electron chi connectivity index (χ2n) is 4.60. The third-order valence-corrected chi connectivity index (χ3v) is 3.51. The highest BCUT2D eigenvalue weighted by molar-refractivity contribution is 7.09. The van der Waals surface area contributed by atoms with Crippen LogP contribution in [0.4, 0.5) is 0 Å². The third kappa shape index (κ3) is 3.78. The van der Waals surface area contributed by atoms with Crippen LogP contribution < -0.4 is 10.1 Å². The van der Waals surface area contributed by atoms with Gasteiger partial charge in [-0.3, -0.25) is 0 Å². The van der Waals surface area contributed by atoms with Crippen LogP contribution in [0.2, 0.25) is 0 Å². The monoisotopic (exact) mass is 276 g/mol. The molecule has 19 heavy (non-hydrogen) atoms. The first-order valence-corrected chi connectivity index (χ1v) is 7.48. The third-order valence-electron chi connectivity index (χ3n) is 2.67. The van der Waals surface area contributed by atoms with E-state index in [2.05, 4.69) is 29.4 Å². The zero-order chi connectivity index (χ0) is 13.7. The van der Waals surface area contributed by atoms with Gasteiger partial charge in [-0.2, -0.15) is 0 Å². The van der Waals surface area contributed by atoms with E-state index in [9.17, 15) is 0 Å². The lowest BCUT2D eigenvalue weighted by Gasteiger charge is -2.17. The first-order valence-electron chi connectivity index (χ1n) is 6.60. The fourth-order valence-electron chi connectivity index (χ4n) is 1.97. The standard InChI is InChI=1S/C15H20N2OS/c1-4-16-14(15-17-8-9-19-15)12-6-5-7-13(10-12)18-11(2)3/h5-11,14,16H,4H2,1-3H3. The molecule has 0 aliphatic carbocycles. The van der Waals surface area contributed by atoms with Crippen LogP contribution in [-0.2, 0) is 0 Å². The molecule has 1 heterocycles. The molecular weight excluding hydrogens is 256 g/mol. The number of nitrogens with one attached hydrogen (secondary N) is 1. The molecule has 0 saturated heterocycles. The van der Waals surface area contributed by atoms with Crippen LogP contribution >= 0.6 is 11.3 Å². The summed E-state index contributed by atoms with van der Waals surface area (Å²) in [6, 6.07) is 8.37. The molecule has 0 aliphatic heterocycles. The second-order valence-corrected chi connectivity index (χ2v) is 5.53. The van der Waals surface area contributed by atoms with Gasteiger partial charge in [0.25, 0.3) is 0 Å². The summed E-state index contributed by atoms with van der Waals surface area (Å²) >= 11 is 1.67. The first kappa shape index (κ1) is 14.0. The molecule has 0 aliphatic rings. The lowest BCUT2D eigenvalue weighted by Crippen LogP contribution is -2.21. The van der Waals surface area contributed by atoms with Crippen molar-refractivity contribution >= 4 is 11.3 Å². The summed E-state index contributed by atoms with van der Waals surface area (Å²) in [7, 11) is 0. The van der Waals surface area contributed by atoms with Gasteiger partial charge in [0.05, 0.1) is 12.1 Å². The van der Waals surface area contributed by atoms with E-state index < -0.39 is 0 Å². The zero-order valence-corrected chi connectivity index (χ0v) is 12.4. The van der Waals surface area contributed by atoms with E-state index in [0.717, 1.165) is 17.3 Å². The lowest BCUT2D eigenvalue weighted by atomic mass is 10.1. The molecule has 102 valence electrons. The number of nitrogens with zero attached hydrogens (tertiary/aromatic N) is 1. The van der Waals surface area contributed by atoms with Crippen molar-refractivity contribution in [2.75, 3.05) is 6.54 Å². The Morgan fingerprint density at radius 3 is 2.84 bits per heavy atom. The fraction of sp³-hybridized carbons (Fsp3) is 0.400. The molecule has 2 rings (SSSR count). The summed E-state index contributed by atoms with van der Waals surface area (Å²) in [6.07, 6.45) is 2.03. The minimum absolute atomic E-state index is 0.140. The van der Waals surface area contributed by atoms with Gasteiger partial charge in [-0.05, 0) is 38.1 Å². The molecule has 0 radical (unpaired) electrons. The number of benzene rings is 1. The Labute approximate surface area is 118 Å². The predicted molar refractivity (Wildman–Crippen MR) is 79.8 cm³/mol. The molecule has 1 aromatic carbocycles. The molecule has 1 atom stereocenters. The Kier molecular flexibility index (Phi) is 4.93. The zero-order valence-electron chi connectivity index (χ0n) is 11.6. The number of aromatic nitrogens is 1. The number of rotatable bonds is 6. The second kappa shape index (κ2) is 6.68. The van der Waals surface area contributed by atoms with E-state index in [1.54, 1.807) is 11.3 Å². The average Bonchev–Trinajstić information content (AvgIpc) is 2.89. The minimum Gasteiger partial charge on any atom is -0.491 e. The van der Waals surface area contributed by atoms with Crippen molar-refractivity contribution < 1.29 is 4.74 Å². The summed E-state index contributed by atoms with van der Waals surface area (Å²) in [4.78, 5) is 4.42. The summed E-state index contributed by atoms with van der Waals surface area (Å²) in [5, 5.41) is 6.57. The summed E-state index contributed by atoms with van der Waals surface area (Å²) in [5.74, 6) is 0.909. The number of thiazole rings is 1. The van der Waals surface area contributed by atoms with Crippen LogP contribution in [0, 0.1) is 0 Å². The highest BCUT2D eigenvalue weighted by atomic mass is 32.1. The normalized spacial score (nSPS) is 12.6. The molecule has 1 aromatic heterocycles. The minimum atomic E-state index is 0.140. The van der Waals surface area contributed by atoms with Gasteiger partial charge >= 0.3 is 0 Å². The van der Waals surface area contributed by atoms with Crippen molar-refractivity contribution in [1.29, 1.82) is 0 Å². The fourth-order valence-corrected chi connectivity index (χ4v) is 2.71. The Morgan fingerprint density at radius 2 is 2.21 bits per heavy atom. The molecule has 1 N–H and O–H groups in total. The number of hydrogen-bond acceptors (Lipinski definition) is 4. The van der Waals surface area contributed by atoms with Gasteiger partial charge in [-0.15, -0.1) is 11.3 Å². The van der Waals surface area contributed by atoms with E-state index in [-0.39, 0.29) is 12.1 Å². The van der Waals surface area contributed by atoms with E-state index in [1.807, 2.05) is 37.6 Å². The molecule has 0 saturated carbocycles. The number of ether oxygens (including phenoxy) is 1. The first-order chi connectivity index (χ1) is 9.20. The van der Waals surface area contributed by atoms with Gasteiger partial charge in [0.2, 0.25) is 0 Å². The van der Waals surface area contributed by atoms with Crippen LogP contribution in [0.15, 0.2) is 35.8 Å². The van der Waals surface area contributed by atoms with Gasteiger partial charge < -0.3 is 10.1 Å². The molecule has 0 bridgehead atoms. The van der Waals surface area contributed by atoms with Crippen molar-refractivity contribution in [2.45, 2.75) is 32.9 Å². The maximum atomic E-state index is 5.76. The summed E-state index contributed by atoms with van der Waals surface area (Å²) < 4.78 is 5.76. The Bertz CT molecular complexity index is 497. The van der Waals surface area contributed by atoms with Crippen LogP contribution in [0.5, 0.6) is 5.75 Å². The van der Waals surface area contributed by atoms with Crippen molar-refractivity contribution in [2.24, 2.45) is 0 Å². The van der Waals surface area contributed by atoms with E-state index in [0.29, 0.717) is 0 Å². The van der Waals surface area contributed by atoms with Crippen LogP contribution in [0.3, 0.4) is 0 Å². The molecule has 3 nitrogen and oxygen atoms in total. The maximum Gasteiger partial charge on any atom is 0.120 e. The Hall–Kier alpha value is -1.39. The van der Waals surface area contributed by atoms with Gasteiger partial charge in [0.1, 0.15) is 10.8 Å². The molecule has 0 amide bonds. The van der Waals surface area contributed by atoms with Crippen molar-refractivity contribution in [3.63, 3.8) is 0 Å². The topological polar surface area (TPSA) is 34.1 Å². The van der Waals surface area contributed by atoms with Gasteiger partial charge in [0.15, 0.2) is 0 Å². The molecule has 2 aromatic rings. The summed E-state index contributed by atoms with van der Waals surface area (Å²) in [5.41, 5.74) is 1.19. The highest BCUT2D eigenvalue weighted by Gasteiger charge is 2.16. The molecule has 0 spiro atoms. The lowest BCUT2D eigenvalue weighted by molar-refractivity contribution is 0.242. The van der Waals surface area contributed by atoms with Crippen molar-refractivity contribution in [1.82, 2.24) is 10.3 Å². The van der Waals surface area contributed by atoms with E-state index in [4.69, 9.17) is 4.74 Å². The van der Waals surface area contributed by atoms with E-state index in [1.165, 1.54) is 5.56 Å². The maximum absolute atomic E-state index is 5.76. The molecule has 4 heteroatoms. The van der Waals surface area contributed by atoms with Gasteiger partial charge in [-0.1, -0.05) is 19.1 Å². The van der Waals surface area contributed by atoms with Crippen LogP contribution in [0.25, 0.3) is 0 Å². The quantitative estimate of drug-likeness (QED) is 0.875. The van der Waals surface area contributed by atoms with Crippen molar-refractivity contribution in [3.05, 3.63) is 46.4 Å². The Morgan fingerprint density at radius 1 is 1.37 bits per heavy atom. The van der Waals surface area contributed by atoms with Crippen LogP contribution in [-0.4, -0.2) is 17.6 Å². The average molecular weight is 276 g/mol. The highest BCUT2D eigenvalue weighted by Crippen LogP contribution is 2.26. The van der Waals surface area contributed by atoms with Gasteiger partial charge in [-0.25, -0.2) is 4.98 Å². The summed E-state index contributed by atoms with van der Waals surface area (Å²) in [6.45, 7) is 7.08. The molecule has 0 fully saturated rings.